The molecule has 4 aromatic heterocycles. The van der Waals surface area contributed by atoms with Crippen molar-refractivity contribution in [3.63, 3.8) is 0 Å². The number of nitrogens with zero attached hydrogens (tertiary/aromatic N) is 6. The number of aromatic nitrogens is 7. The van der Waals surface area contributed by atoms with Crippen molar-refractivity contribution in [2.24, 2.45) is 0 Å². The Morgan fingerprint density at radius 2 is 1.98 bits per heavy atom. The maximum atomic E-state index is 15.7. The summed E-state index contributed by atoms with van der Waals surface area (Å²) in [6, 6.07) is 1.59. The summed E-state index contributed by atoms with van der Waals surface area (Å²) in [6.45, 7) is -1.26. The van der Waals surface area contributed by atoms with Gasteiger partial charge in [-0.25, -0.2) is 23.7 Å². The van der Waals surface area contributed by atoms with Gasteiger partial charge >= 0.3 is 0 Å². The standard InChI is InChI=1S/C22H26F2N9O7PS2/c23-11-13(35)10(39-19(11)32-2-1-8-15(25)27-6-28-16(8)32)4-38-41(42,43)5-22(37)14(24)9(3-34)40-20(22)33-7-29-12-17(33)30-21(26)31-18(12)36/h1-2,6-7,9-11,13-14,19-20,34-35,37H,3-5H2,(H,42,43)(H2,25,27,28)(H3,26,30,31,36)/t9-,10-,11+,13-,14+,19-,20-,22-/m1/s1. The molecule has 43 heavy (non-hydrogen) atoms. The van der Waals surface area contributed by atoms with E-state index in [0.29, 0.717) is 11.0 Å². The maximum absolute atomic E-state index is 15.7. The molecule has 21 heteroatoms. The Morgan fingerprint density at radius 3 is 2.72 bits per heavy atom. The SMILES string of the molecule is Nc1nc2c(ncn2[C@@H]2O[C@H](CO)[C@H](F)[C@]2(O)CP(=S)(S)OC[C@H]2O[C@@H](n3ccc4c(N)ncnc43)[C@@H](F)[C@@H]2O)c(=O)[nH]1. The number of hydrogen-bond donors (Lipinski definition) is 7. The van der Waals surface area contributed by atoms with E-state index in [9.17, 15) is 20.1 Å². The summed E-state index contributed by atoms with van der Waals surface area (Å²) in [5.74, 6) is -0.0767. The average molecular weight is 662 g/mol. The van der Waals surface area contributed by atoms with Crippen molar-refractivity contribution in [1.82, 2.24) is 34.1 Å². The summed E-state index contributed by atoms with van der Waals surface area (Å²) in [5, 5.41) is 32.4. The molecular formula is C22H26F2N9O7PS2. The van der Waals surface area contributed by atoms with Gasteiger partial charge in [0.25, 0.3) is 5.56 Å². The minimum absolute atomic E-state index is 0.115. The van der Waals surface area contributed by atoms with Crippen molar-refractivity contribution in [3.05, 3.63) is 35.3 Å². The predicted octanol–water partition coefficient (Wildman–Crippen LogP) is -0.460. The number of hydrogen-bond acceptors (Lipinski definition) is 14. The summed E-state index contributed by atoms with van der Waals surface area (Å²) in [6.07, 6.45) is -8.12. The van der Waals surface area contributed by atoms with Crippen molar-refractivity contribution in [3.8, 4) is 0 Å². The van der Waals surface area contributed by atoms with Crippen molar-refractivity contribution < 1.29 is 38.1 Å². The number of anilines is 2. The van der Waals surface area contributed by atoms with Gasteiger partial charge in [-0.15, -0.1) is 12.2 Å². The first kappa shape index (κ1) is 30.2. The Balaban J connectivity index is 1.22. The summed E-state index contributed by atoms with van der Waals surface area (Å²) >= 11 is 9.92. The molecule has 4 aromatic rings. The first-order valence-electron chi connectivity index (χ1n) is 12.7. The van der Waals surface area contributed by atoms with Crippen LogP contribution in [-0.4, -0.2) is 105 Å². The number of aromatic amines is 1. The number of nitrogens with two attached hydrogens (primary N) is 2. The molecule has 1 unspecified atom stereocenters. The van der Waals surface area contributed by atoms with Crippen molar-refractivity contribution in [2.75, 3.05) is 30.8 Å². The van der Waals surface area contributed by atoms with Gasteiger partial charge in [-0.1, -0.05) is 11.8 Å². The molecule has 0 aliphatic carbocycles. The molecule has 0 spiro atoms. The summed E-state index contributed by atoms with van der Waals surface area (Å²) in [7, 11) is 0. The summed E-state index contributed by atoms with van der Waals surface area (Å²) < 4.78 is 50.5. The third kappa shape index (κ3) is 5.09. The smallest absolute Gasteiger partial charge is 0.280 e. The Labute approximate surface area is 250 Å². The number of halogens is 2. The first-order valence-corrected chi connectivity index (χ1v) is 16.8. The molecule has 2 aliphatic heterocycles. The van der Waals surface area contributed by atoms with Crippen LogP contribution >= 0.6 is 17.7 Å². The van der Waals surface area contributed by atoms with E-state index in [0.717, 1.165) is 10.9 Å². The lowest BCUT2D eigenvalue weighted by Crippen LogP contribution is -2.47. The van der Waals surface area contributed by atoms with Gasteiger partial charge in [0, 0.05) is 12.4 Å². The van der Waals surface area contributed by atoms with E-state index in [1.807, 2.05) is 0 Å². The topological polar surface area (TPSA) is 235 Å². The van der Waals surface area contributed by atoms with Crippen LogP contribution in [0.5, 0.6) is 0 Å². The van der Waals surface area contributed by atoms with E-state index < -0.39 is 79.1 Å². The van der Waals surface area contributed by atoms with Crippen LogP contribution in [0.1, 0.15) is 12.5 Å². The number of fused-ring (bicyclic) bond motifs is 2. The second-order valence-corrected chi connectivity index (χ2v) is 16.6. The molecule has 8 N–H and O–H groups in total. The number of H-pyrrole nitrogens is 1. The lowest BCUT2D eigenvalue weighted by atomic mass is 9.97. The minimum atomic E-state index is -3.45. The Kier molecular flexibility index (Phi) is 7.71. The number of nitrogen functional groups attached to an aromatic ring is 2. The van der Waals surface area contributed by atoms with Crippen molar-refractivity contribution in [2.45, 2.75) is 48.7 Å². The number of thiol groups is 1. The van der Waals surface area contributed by atoms with Crippen LogP contribution in [0.2, 0.25) is 0 Å². The number of alkyl halides is 2. The molecular weight excluding hydrogens is 635 g/mol. The molecule has 232 valence electrons. The van der Waals surface area contributed by atoms with E-state index in [1.165, 1.54) is 17.1 Å². The van der Waals surface area contributed by atoms with Gasteiger partial charge in [0.2, 0.25) is 5.95 Å². The van der Waals surface area contributed by atoms with Gasteiger partial charge in [-0.05, 0) is 6.07 Å². The monoisotopic (exact) mass is 661 g/mol. The highest BCUT2D eigenvalue weighted by atomic mass is 32.9. The van der Waals surface area contributed by atoms with E-state index in [-0.39, 0.29) is 22.9 Å². The molecule has 9 atom stereocenters. The van der Waals surface area contributed by atoms with Crippen LogP contribution in [-0.2, 0) is 25.8 Å². The van der Waals surface area contributed by atoms with E-state index in [4.69, 9.17) is 37.3 Å². The molecule has 6 rings (SSSR count). The fraction of sp³-hybridized carbons (Fsp3) is 0.500. The number of rotatable bonds is 8. The van der Waals surface area contributed by atoms with Gasteiger partial charge < -0.3 is 45.4 Å². The molecule has 0 radical (unpaired) electrons. The van der Waals surface area contributed by atoms with Crippen LogP contribution in [0, 0.1) is 0 Å². The van der Waals surface area contributed by atoms with E-state index in [2.05, 4.69) is 37.2 Å². The Hall–Kier alpha value is -2.81. The summed E-state index contributed by atoms with van der Waals surface area (Å²) in [5.41, 5.74) is 4.95. The maximum Gasteiger partial charge on any atom is 0.280 e. The van der Waals surface area contributed by atoms with Crippen molar-refractivity contribution in [1.29, 1.82) is 0 Å². The molecule has 2 saturated heterocycles. The van der Waals surface area contributed by atoms with Gasteiger partial charge in [0.15, 0.2) is 41.6 Å². The quantitative estimate of drug-likeness (QED) is 0.0936. The Bertz CT molecular complexity index is 1790. The normalized spacial score (nSPS) is 32.6. The number of imidazole rings is 1. The number of aliphatic hydroxyl groups excluding tert-OH is 2. The highest BCUT2D eigenvalue weighted by Gasteiger charge is 2.59. The van der Waals surface area contributed by atoms with Crippen LogP contribution in [0.15, 0.2) is 29.7 Å². The largest absolute Gasteiger partial charge is 0.394 e. The molecule has 2 fully saturated rings. The molecule has 0 aromatic carbocycles. The average Bonchev–Trinajstić information content (AvgIpc) is 3.69. The lowest BCUT2D eigenvalue weighted by molar-refractivity contribution is -0.0879. The fourth-order valence-corrected chi connectivity index (χ4v) is 8.47. The van der Waals surface area contributed by atoms with Crippen molar-refractivity contribution >= 4 is 63.5 Å². The van der Waals surface area contributed by atoms with Crippen LogP contribution < -0.4 is 17.0 Å². The van der Waals surface area contributed by atoms with Crippen LogP contribution in [0.25, 0.3) is 22.2 Å². The van der Waals surface area contributed by atoms with E-state index >= 15 is 8.78 Å². The molecule has 6 heterocycles. The molecule has 0 saturated carbocycles. The second kappa shape index (κ2) is 11.0. The minimum Gasteiger partial charge on any atom is -0.394 e. The molecule has 2 aliphatic rings. The third-order valence-corrected chi connectivity index (χ3v) is 10.4. The number of ether oxygens (including phenoxy) is 2. The lowest BCUT2D eigenvalue weighted by Gasteiger charge is -2.34. The number of nitrogens with one attached hydrogen (secondary N) is 1. The fourth-order valence-electron chi connectivity index (χ4n) is 5.35. The zero-order valence-electron chi connectivity index (χ0n) is 21.8. The third-order valence-electron chi connectivity index (χ3n) is 7.42. The molecule has 16 nitrogen and oxygen atoms in total. The zero-order chi connectivity index (χ0) is 30.8. The number of aliphatic hydroxyl groups is 3. The highest BCUT2D eigenvalue weighted by Crippen LogP contribution is 2.59. The Morgan fingerprint density at radius 1 is 1.21 bits per heavy atom. The van der Waals surface area contributed by atoms with Gasteiger partial charge in [-0.3, -0.25) is 14.3 Å². The zero-order valence-corrected chi connectivity index (χ0v) is 24.4. The predicted molar refractivity (Wildman–Crippen MR) is 154 cm³/mol. The molecule has 0 bridgehead atoms. The second-order valence-electron chi connectivity index (χ2n) is 10.2. The van der Waals surface area contributed by atoms with E-state index in [1.54, 1.807) is 6.07 Å². The van der Waals surface area contributed by atoms with Crippen LogP contribution in [0.3, 0.4) is 0 Å². The van der Waals surface area contributed by atoms with Gasteiger partial charge in [-0.2, -0.15) is 4.98 Å². The first-order chi connectivity index (χ1) is 20.3. The van der Waals surface area contributed by atoms with Gasteiger partial charge in [0.1, 0.15) is 41.6 Å². The van der Waals surface area contributed by atoms with Crippen LogP contribution in [0.4, 0.5) is 20.5 Å². The van der Waals surface area contributed by atoms with Gasteiger partial charge in [0.05, 0.1) is 24.9 Å². The molecule has 0 amide bonds. The summed E-state index contributed by atoms with van der Waals surface area (Å²) in [4.78, 5) is 30.5. The highest BCUT2D eigenvalue weighted by molar-refractivity contribution is 8.61.